The van der Waals surface area contributed by atoms with Crippen LogP contribution in [0.4, 0.5) is 0 Å². The van der Waals surface area contributed by atoms with Crippen molar-refractivity contribution in [1.82, 2.24) is 0 Å². The Labute approximate surface area is 131 Å². The summed E-state index contributed by atoms with van der Waals surface area (Å²) in [5.74, 6) is 2.59. The molecular weight excluding hydrogens is 256 g/mol. The zero-order chi connectivity index (χ0) is 15.5. The van der Waals surface area contributed by atoms with Gasteiger partial charge in [0.05, 0.1) is 12.2 Å². The topological polar surface area (TPSA) is 9.23 Å². The van der Waals surface area contributed by atoms with Gasteiger partial charge >= 0.3 is 0 Å². The van der Waals surface area contributed by atoms with Crippen LogP contribution in [0, 0.1) is 28.6 Å². The van der Waals surface area contributed by atoms with Crippen molar-refractivity contribution in [2.24, 2.45) is 28.6 Å². The van der Waals surface area contributed by atoms with E-state index in [1.165, 1.54) is 37.7 Å². The molecule has 0 aromatic rings. The van der Waals surface area contributed by atoms with E-state index in [-0.39, 0.29) is 5.60 Å². The van der Waals surface area contributed by atoms with Crippen molar-refractivity contribution in [3.63, 3.8) is 0 Å². The van der Waals surface area contributed by atoms with Crippen molar-refractivity contribution in [2.75, 3.05) is 6.61 Å². The molecule has 0 aliphatic heterocycles. The van der Waals surface area contributed by atoms with Gasteiger partial charge in [0.1, 0.15) is 0 Å². The standard InChI is InChI=1S/C20H34O/c1-14(2)9-12-21-19(6)10-11-20-13-17(19)18(4,5)16(20)8-7-15(20)3/h9,15-17H,7-8,10-13H2,1-6H3/t15-,16+,17-,19-,20-/m1/s1. The molecule has 0 radical (unpaired) electrons. The van der Waals surface area contributed by atoms with Gasteiger partial charge in [0.15, 0.2) is 0 Å². The van der Waals surface area contributed by atoms with Crippen molar-refractivity contribution < 1.29 is 4.74 Å². The molecule has 1 spiro atoms. The zero-order valence-corrected chi connectivity index (χ0v) is 15.0. The molecule has 0 saturated heterocycles. The van der Waals surface area contributed by atoms with Crippen molar-refractivity contribution in [3.8, 4) is 0 Å². The lowest BCUT2D eigenvalue weighted by Gasteiger charge is -2.47. The second kappa shape index (κ2) is 4.85. The second-order valence-electron chi connectivity index (χ2n) is 9.25. The zero-order valence-electron chi connectivity index (χ0n) is 15.0. The van der Waals surface area contributed by atoms with Crippen molar-refractivity contribution in [3.05, 3.63) is 11.6 Å². The molecule has 0 amide bonds. The van der Waals surface area contributed by atoms with E-state index in [9.17, 15) is 0 Å². The highest BCUT2D eigenvalue weighted by molar-refractivity contribution is 5.17. The van der Waals surface area contributed by atoms with Gasteiger partial charge in [-0.1, -0.05) is 32.4 Å². The van der Waals surface area contributed by atoms with Crippen LogP contribution in [0.5, 0.6) is 0 Å². The van der Waals surface area contributed by atoms with Crippen LogP contribution in [-0.4, -0.2) is 12.2 Å². The monoisotopic (exact) mass is 290 g/mol. The summed E-state index contributed by atoms with van der Waals surface area (Å²) in [6.07, 6.45) is 9.21. The van der Waals surface area contributed by atoms with E-state index < -0.39 is 0 Å². The fraction of sp³-hybridized carbons (Fsp3) is 0.900. The maximum atomic E-state index is 6.47. The predicted octanol–water partition coefficient (Wildman–Crippen LogP) is 5.60. The summed E-state index contributed by atoms with van der Waals surface area (Å²) in [5.41, 5.74) is 2.54. The van der Waals surface area contributed by atoms with Crippen LogP contribution in [0.25, 0.3) is 0 Å². The Hall–Kier alpha value is -0.300. The highest BCUT2D eigenvalue weighted by Gasteiger charge is 2.68. The number of allylic oxidation sites excluding steroid dienone is 1. The third-order valence-electron chi connectivity index (χ3n) is 7.67. The largest absolute Gasteiger partial charge is 0.371 e. The van der Waals surface area contributed by atoms with Crippen LogP contribution >= 0.6 is 0 Å². The summed E-state index contributed by atoms with van der Waals surface area (Å²) in [4.78, 5) is 0. The average molecular weight is 290 g/mol. The van der Waals surface area contributed by atoms with E-state index in [4.69, 9.17) is 4.74 Å². The number of rotatable bonds is 3. The van der Waals surface area contributed by atoms with E-state index in [1.54, 1.807) is 0 Å². The molecule has 0 heterocycles. The minimum absolute atomic E-state index is 0.0881. The quantitative estimate of drug-likeness (QED) is 0.615. The normalized spacial score (nSPS) is 47.2. The van der Waals surface area contributed by atoms with Gasteiger partial charge in [-0.05, 0) is 81.5 Å². The molecule has 1 nitrogen and oxygen atoms in total. The molecule has 0 aromatic heterocycles. The molecule has 3 saturated carbocycles. The Kier molecular flexibility index (Phi) is 3.60. The summed E-state index contributed by atoms with van der Waals surface area (Å²) < 4.78 is 6.47. The summed E-state index contributed by atoms with van der Waals surface area (Å²) in [6.45, 7) is 15.1. The minimum atomic E-state index is 0.0881. The lowest BCUT2D eigenvalue weighted by atomic mass is 9.64. The van der Waals surface area contributed by atoms with Crippen molar-refractivity contribution >= 4 is 0 Å². The highest BCUT2D eigenvalue weighted by atomic mass is 16.5. The summed E-state index contributed by atoms with van der Waals surface area (Å²) in [6, 6.07) is 0. The molecule has 1 heteroatoms. The predicted molar refractivity (Wildman–Crippen MR) is 89.2 cm³/mol. The SMILES string of the molecule is CC(C)=CCO[C@]1(C)CC[C@]23C[C@@H]1C(C)(C)[C@@H]2CC[C@H]3C. The molecule has 3 aliphatic carbocycles. The summed E-state index contributed by atoms with van der Waals surface area (Å²) >= 11 is 0. The minimum Gasteiger partial charge on any atom is -0.371 e. The number of ether oxygens (including phenoxy) is 1. The van der Waals surface area contributed by atoms with Gasteiger partial charge in [0.25, 0.3) is 0 Å². The second-order valence-corrected chi connectivity index (χ2v) is 9.25. The van der Waals surface area contributed by atoms with Crippen LogP contribution in [0.2, 0.25) is 0 Å². The first-order valence-corrected chi connectivity index (χ1v) is 9.00. The molecule has 2 bridgehead atoms. The first-order chi connectivity index (χ1) is 9.72. The average Bonchev–Trinajstić information content (AvgIpc) is 2.80. The van der Waals surface area contributed by atoms with Gasteiger partial charge in [-0.25, -0.2) is 0 Å². The lowest BCUT2D eigenvalue weighted by molar-refractivity contribution is -0.114. The van der Waals surface area contributed by atoms with Gasteiger partial charge in [-0.3, -0.25) is 0 Å². The highest BCUT2D eigenvalue weighted by Crippen LogP contribution is 2.73. The number of hydrogen-bond donors (Lipinski definition) is 0. The van der Waals surface area contributed by atoms with Gasteiger partial charge in [0, 0.05) is 0 Å². The molecule has 0 unspecified atom stereocenters. The summed E-state index contributed by atoms with van der Waals surface area (Å²) in [7, 11) is 0. The van der Waals surface area contributed by atoms with Gasteiger partial charge in [-0.2, -0.15) is 0 Å². The lowest BCUT2D eigenvalue weighted by Crippen LogP contribution is -2.46. The molecule has 3 rings (SSSR count). The van der Waals surface area contributed by atoms with Crippen LogP contribution in [0.1, 0.15) is 73.6 Å². The fourth-order valence-electron chi connectivity index (χ4n) is 6.43. The van der Waals surface area contributed by atoms with E-state index >= 15 is 0 Å². The smallest absolute Gasteiger partial charge is 0.0692 e. The fourth-order valence-corrected chi connectivity index (χ4v) is 6.43. The number of fused-ring (bicyclic) bond motifs is 1. The molecular formula is C20H34O. The Morgan fingerprint density at radius 1 is 1.10 bits per heavy atom. The molecule has 3 aliphatic rings. The first kappa shape index (κ1) is 15.6. The Bertz CT molecular complexity index is 445. The first-order valence-electron chi connectivity index (χ1n) is 9.00. The van der Waals surface area contributed by atoms with Gasteiger partial charge < -0.3 is 4.74 Å². The van der Waals surface area contributed by atoms with Crippen LogP contribution in [0.15, 0.2) is 11.6 Å². The maximum absolute atomic E-state index is 6.47. The van der Waals surface area contributed by atoms with E-state index in [1.807, 2.05) is 0 Å². The molecule has 0 aromatic carbocycles. The maximum Gasteiger partial charge on any atom is 0.0692 e. The van der Waals surface area contributed by atoms with Crippen molar-refractivity contribution in [2.45, 2.75) is 79.2 Å². The Morgan fingerprint density at radius 2 is 1.81 bits per heavy atom. The van der Waals surface area contributed by atoms with E-state index in [2.05, 4.69) is 47.6 Å². The van der Waals surface area contributed by atoms with Gasteiger partial charge in [0.2, 0.25) is 0 Å². The molecule has 3 fully saturated rings. The van der Waals surface area contributed by atoms with Gasteiger partial charge in [-0.15, -0.1) is 0 Å². The third-order valence-corrected chi connectivity index (χ3v) is 7.67. The molecule has 120 valence electrons. The Morgan fingerprint density at radius 3 is 2.48 bits per heavy atom. The van der Waals surface area contributed by atoms with Crippen LogP contribution in [0.3, 0.4) is 0 Å². The molecule has 5 atom stereocenters. The molecule has 21 heavy (non-hydrogen) atoms. The van der Waals surface area contributed by atoms with Crippen LogP contribution < -0.4 is 0 Å². The van der Waals surface area contributed by atoms with E-state index in [0.717, 1.165) is 24.4 Å². The van der Waals surface area contributed by atoms with Crippen LogP contribution in [-0.2, 0) is 4.74 Å². The Balaban J connectivity index is 1.85. The molecule has 0 N–H and O–H groups in total. The van der Waals surface area contributed by atoms with E-state index in [0.29, 0.717) is 10.8 Å². The van der Waals surface area contributed by atoms with Crippen molar-refractivity contribution in [1.29, 1.82) is 0 Å². The third kappa shape index (κ3) is 2.14. The number of hydrogen-bond acceptors (Lipinski definition) is 1. The summed E-state index contributed by atoms with van der Waals surface area (Å²) in [5, 5.41) is 0.